The number of benzene rings is 1. The lowest BCUT2D eigenvalue weighted by Gasteiger charge is -2.29. The molecule has 0 saturated carbocycles. The number of likely N-dealkylation sites (N-methyl/N-ethyl adjacent to an activating group) is 1. The van der Waals surface area contributed by atoms with Crippen LogP contribution in [0.2, 0.25) is 0 Å². The van der Waals surface area contributed by atoms with E-state index in [1.54, 1.807) is 13.1 Å². The van der Waals surface area contributed by atoms with Crippen molar-refractivity contribution in [1.29, 1.82) is 0 Å². The van der Waals surface area contributed by atoms with Gasteiger partial charge in [0.25, 0.3) is 0 Å². The first-order valence-electron chi connectivity index (χ1n) is 5.48. The van der Waals surface area contributed by atoms with Crippen molar-refractivity contribution in [2.24, 2.45) is 0 Å². The van der Waals surface area contributed by atoms with E-state index in [0.717, 1.165) is 18.4 Å². The van der Waals surface area contributed by atoms with Crippen molar-refractivity contribution in [3.05, 3.63) is 29.6 Å². The molecular formula is C12H16FNO2. The number of halogens is 1. The zero-order chi connectivity index (χ0) is 11.5. The summed E-state index contributed by atoms with van der Waals surface area (Å²) in [5.41, 5.74) is 0.882. The number of rotatable bonds is 3. The SMILES string of the molecule is CNC[C@@H](O)[C@@H]1CCc2cc(F)ccc2O1. The average molecular weight is 225 g/mol. The first-order chi connectivity index (χ1) is 7.70. The standard InChI is InChI=1S/C12H16FNO2/c1-14-7-10(15)12-4-2-8-6-9(13)3-5-11(8)16-12/h3,5-6,10,12,14-15H,2,4,7H2,1H3/t10-,12+/m1/s1. The molecular weight excluding hydrogens is 209 g/mol. The van der Waals surface area contributed by atoms with Crippen molar-refractivity contribution in [3.63, 3.8) is 0 Å². The van der Waals surface area contributed by atoms with Crippen molar-refractivity contribution in [3.8, 4) is 5.75 Å². The second-order valence-corrected chi connectivity index (χ2v) is 4.07. The highest BCUT2D eigenvalue weighted by Gasteiger charge is 2.25. The Labute approximate surface area is 94.2 Å². The molecule has 0 aromatic heterocycles. The Bertz CT molecular complexity index is 370. The van der Waals surface area contributed by atoms with Crippen LogP contribution in [0.4, 0.5) is 4.39 Å². The highest BCUT2D eigenvalue weighted by molar-refractivity contribution is 5.35. The molecule has 1 aromatic rings. The first kappa shape index (κ1) is 11.4. The first-order valence-corrected chi connectivity index (χ1v) is 5.48. The van der Waals surface area contributed by atoms with Gasteiger partial charge in [-0.1, -0.05) is 0 Å². The van der Waals surface area contributed by atoms with Gasteiger partial charge in [0.1, 0.15) is 23.8 Å². The average Bonchev–Trinajstić information content (AvgIpc) is 2.28. The largest absolute Gasteiger partial charge is 0.487 e. The Morgan fingerprint density at radius 2 is 2.44 bits per heavy atom. The molecule has 0 amide bonds. The molecule has 1 heterocycles. The molecule has 2 N–H and O–H groups in total. The van der Waals surface area contributed by atoms with E-state index in [2.05, 4.69) is 5.32 Å². The third-order valence-electron chi connectivity index (χ3n) is 2.84. The molecule has 1 aliphatic heterocycles. The third kappa shape index (κ3) is 2.33. The Kier molecular flexibility index (Phi) is 3.41. The summed E-state index contributed by atoms with van der Waals surface area (Å²) in [5.74, 6) is 0.448. The molecule has 88 valence electrons. The topological polar surface area (TPSA) is 41.5 Å². The molecule has 0 saturated heterocycles. The number of hydrogen-bond acceptors (Lipinski definition) is 3. The summed E-state index contributed by atoms with van der Waals surface area (Å²) in [6, 6.07) is 4.50. The summed E-state index contributed by atoms with van der Waals surface area (Å²) < 4.78 is 18.6. The molecule has 0 bridgehead atoms. The minimum Gasteiger partial charge on any atom is -0.487 e. The minimum absolute atomic E-state index is 0.203. The number of hydrogen-bond donors (Lipinski definition) is 2. The van der Waals surface area contributed by atoms with Gasteiger partial charge in [0.2, 0.25) is 0 Å². The lowest BCUT2D eigenvalue weighted by atomic mass is 9.99. The molecule has 0 unspecified atom stereocenters. The summed E-state index contributed by atoms with van der Waals surface area (Å²) in [5, 5.41) is 12.7. The molecule has 4 heteroatoms. The van der Waals surface area contributed by atoms with Gasteiger partial charge in [0.05, 0.1) is 0 Å². The van der Waals surface area contributed by atoms with E-state index in [1.165, 1.54) is 12.1 Å². The maximum absolute atomic E-state index is 13.0. The fraction of sp³-hybridized carbons (Fsp3) is 0.500. The van der Waals surface area contributed by atoms with E-state index in [1.807, 2.05) is 0 Å². The predicted molar refractivity (Wildman–Crippen MR) is 59.1 cm³/mol. The lowest BCUT2D eigenvalue weighted by Crippen LogP contribution is -2.40. The van der Waals surface area contributed by atoms with Crippen molar-refractivity contribution in [2.75, 3.05) is 13.6 Å². The molecule has 0 fully saturated rings. The number of nitrogens with one attached hydrogen (secondary N) is 1. The van der Waals surface area contributed by atoms with Gasteiger partial charge in [-0.05, 0) is 43.7 Å². The van der Waals surface area contributed by atoms with Crippen LogP contribution in [0.15, 0.2) is 18.2 Å². The second-order valence-electron chi connectivity index (χ2n) is 4.07. The number of aliphatic hydroxyl groups is 1. The predicted octanol–water partition coefficient (Wildman–Crippen LogP) is 1.10. The van der Waals surface area contributed by atoms with Crippen LogP contribution in [0.5, 0.6) is 5.75 Å². The van der Waals surface area contributed by atoms with Crippen molar-refractivity contribution >= 4 is 0 Å². The van der Waals surface area contributed by atoms with E-state index in [0.29, 0.717) is 12.3 Å². The van der Waals surface area contributed by atoms with Crippen molar-refractivity contribution in [2.45, 2.75) is 25.0 Å². The molecule has 0 radical (unpaired) electrons. The van der Waals surface area contributed by atoms with Crippen LogP contribution in [-0.2, 0) is 6.42 Å². The second kappa shape index (κ2) is 4.80. The van der Waals surface area contributed by atoms with E-state index in [-0.39, 0.29) is 11.9 Å². The van der Waals surface area contributed by atoms with Crippen LogP contribution in [0.25, 0.3) is 0 Å². The van der Waals surface area contributed by atoms with Gasteiger partial charge in [-0.2, -0.15) is 0 Å². The lowest BCUT2D eigenvalue weighted by molar-refractivity contribution is 0.0255. The summed E-state index contributed by atoms with van der Waals surface area (Å²) >= 11 is 0. The Morgan fingerprint density at radius 3 is 3.19 bits per heavy atom. The van der Waals surface area contributed by atoms with Crippen LogP contribution in [0.3, 0.4) is 0 Å². The summed E-state index contributed by atoms with van der Waals surface area (Å²) in [4.78, 5) is 0. The van der Waals surface area contributed by atoms with Crippen LogP contribution in [0, 0.1) is 5.82 Å². The van der Waals surface area contributed by atoms with Crippen LogP contribution >= 0.6 is 0 Å². The van der Waals surface area contributed by atoms with E-state index in [4.69, 9.17) is 4.74 Å². The van der Waals surface area contributed by atoms with Crippen LogP contribution < -0.4 is 10.1 Å². The number of ether oxygens (including phenoxy) is 1. The maximum atomic E-state index is 13.0. The van der Waals surface area contributed by atoms with Crippen molar-refractivity contribution < 1.29 is 14.2 Å². The summed E-state index contributed by atoms with van der Waals surface area (Å²) in [6.45, 7) is 0.501. The fourth-order valence-corrected chi connectivity index (χ4v) is 1.99. The van der Waals surface area contributed by atoms with Gasteiger partial charge in [-0.25, -0.2) is 4.39 Å². The molecule has 1 aliphatic rings. The zero-order valence-electron chi connectivity index (χ0n) is 9.24. The Morgan fingerprint density at radius 1 is 1.62 bits per heavy atom. The van der Waals surface area contributed by atoms with E-state index >= 15 is 0 Å². The van der Waals surface area contributed by atoms with Crippen molar-refractivity contribution in [1.82, 2.24) is 5.32 Å². The monoisotopic (exact) mass is 225 g/mol. The molecule has 16 heavy (non-hydrogen) atoms. The number of aryl methyl sites for hydroxylation is 1. The maximum Gasteiger partial charge on any atom is 0.126 e. The van der Waals surface area contributed by atoms with Gasteiger partial charge in [-0.15, -0.1) is 0 Å². The molecule has 0 spiro atoms. The van der Waals surface area contributed by atoms with E-state index in [9.17, 15) is 9.50 Å². The normalized spacial score (nSPS) is 21.1. The number of fused-ring (bicyclic) bond motifs is 1. The highest BCUT2D eigenvalue weighted by Crippen LogP contribution is 2.29. The quantitative estimate of drug-likeness (QED) is 0.809. The van der Waals surface area contributed by atoms with Gasteiger partial charge in [-0.3, -0.25) is 0 Å². The summed E-state index contributed by atoms with van der Waals surface area (Å²) in [6.07, 6.45) is 0.742. The molecule has 0 aliphatic carbocycles. The highest BCUT2D eigenvalue weighted by atomic mass is 19.1. The Hall–Kier alpha value is -1.13. The smallest absolute Gasteiger partial charge is 0.126 e. The van der Waals surface area contributed by atoms with Gasteiger partial charge < -0.3 is 15.2 Å². The zero-order valence-corrected chi connectivity index (χ0v) is 9.24. The molecule has 1 aromatic carbocycles. The third-order valence-corrected chi connectivity index (χ3v) is 2.84. The van der Waals surface area contributed by atoms with Gasteiger partial charge >= 0.3 is 0 Å². The Balaban J connectivity index is 2.09. The van der Waals surface area contributed by atoms with E-state index < -0.39 is 6.10 Å². The minimum atomic E-state index is -0.525. The van der Waals surface area contributed by atoms with Crippen LogP contribution in [-0.4, -0.2) is 30.9 Å². The fourth-order valence-electron chi connectivity index (χ4n) is 1.99. The number of aliphatic hydroxyl groups excluding tert-OH is 1. The van der Waals surface area contributed by atoms with Gasteiger partial charge in [0, 0.05) is 6.54 Å². The van der Waals surface area contributed by atoms with Gasteiger partial charge in [0.15, 0.2) is 0 Å². The molecule has 2 atom stereocenters. The molecule has 2 rings (SSSR count). The molecule has 3 nitrogen and oxygen atoms in total. The summed E-state index contributed by atoms with van der Waals surface area (Å²) in [7, 11) is 1.79. The van der Waals surface area contributed by atoms with Crippen LogP contribution in [0.1, 0.15) is 12.0 Å².